The summed E-state index contributed by atoms with van der Waals surface area (Å²) in [7, 11) is 0. The van der Waals surface area contributed by atoms with Crippen LogP contribution in [0.5, 0.6) is 0 Å². The molecule has 2 heterocycles. The predicted molar refractivity (Wildman–Crippen MR) is 228 cm³/mol. The van der Waals surface area contributed by atoms with Gasteiger partial charge in [-0.05, 0) is 62.7 Å². The van der Waals surface area contributed by atoms with Crippen LogP contribution in [0.15, 0.2) is 211 Å². The van der Waals surface area contributed by atoms with Gasteiger partial charge in [0.1, 0.15) is 11.2 Å². The summed E-state index contributed by atoms with van der Waals surface area (Å²) in [6, 6.07) is 73.3. The van der Waals surface area contributed by atoms with Gasteiger partial charge in [0.25, 0.3) is 0 Å². The molecule has 0 unspecified atom stereocenters. The Kier molecular flexibility index (Phi) is 7.39. The molecule has 2 aromatic heterocycles. The van der Waals surface area contributed by atoms with Crippen molar-refractivity contribution in [2.45, 2.75) is 5.41 Å². The standard InChI is InChI=1S/C53H34N2O/c1-3-14-38(15-4-1)52-54-48(34-49(55-52)45-22-13-21-44-43-20-9-12-25-50(43)56-51(44)45)37-28-26-35(27-29-37)36-30-32-40(33-31-36)53(39-16-5-2-6-17-39)46-23-10-7-18-41(46)42-19-8-11-24-47(42)53/h1-34H. The summed E-state index contributed by atoms with van der Waals surface area (Å²) >= 11 is 0. The van der Waals surface area contributed by atoms with Crippen LogP contribution in [0.25, 0.3) is 78.1 Å². The fraction of sp³-hybridized carbons (Fsp3) is 0.0189. The third-order valence-electron chi connectivity index (χ3n) is 11.4. The zero-order chi connectivity index (χ0) is 37.1. The number of aromatic nitrogens is 2. The molecule has 0 spiro atoms. The van der Waals surface area contributed by atoms with Crippen molar-refractivity contribution in [3.05, 3.63) is 229 Å². The highest BCUT2D eigenvalue weighted by atomic mass is 16.3. The minimum Gasteiger partial charge on any atom is -0.455 e. The maximum atomic E-state index is 6.44. The second kappa shape index (κ2) is 12.9. The fourth-order valence-corrected chi connectivity index (χ4v) is 8.86. The zero-order valence-corrected chi connectivity index (χ0v) is 30.4. The van der Waals surface area contributed by atoms with Gasteiger partial charge in [-0.1, -0.05) is 188 Å². The van der Waals surface area contributed by atoms with Crippen molar-refractivity contribution < 1.29 is 4.42 Å². The summed E-state index contributed by atoms with van der Waals surface area (Å²) in [4.78, 5) is 10.2. The second-order valence-electron chi connectivity index (χ2n) is 14.5. The van der Waals surface area contributed by atoms with Crippen molar-refractivity contribution in [2.75, 3.05) is 0 Å². The van der Waals surface area contributed by atoms with E-state index in [1.54, 1.807) is 0 Å². The van der Waals surface area contributed by atoms with E-state index in [9.17, 15) is 0 Å². The third-order valence-corrected chi connectivity index (χ3v) is 11.4. The molecule has 0 atom stereocenters. The Bertz CT molecular complexity index is 3010. The van der Waals surface area contributed by atoms with Crippen molar-refractivity contribution in [3.8, 4) is 56.2 Å². The van der Waals surface area contributed by atoms with Crippen molar-refractivity contribution in [1.29, 1.82) is 0 Å². The summed E-state index contributed by atoms with van der Waals surface area (Å²) in [5.41, 5.74) is 15.9. The highest BCUT2D eigenvalue weighted by molar-refractivity contribution is 6.09. The van der Waals surface area contributed by atoms with Gasteiger partial charge in [0.05, 0.1) is 16.8 Å². The summed E-state index contributed by atoms with van der Waals surface area (Å²) in [5, 5.41) is 2.17. The van der Waals surface area contributed by atoms with E-state index in [1.807, 2.05) is 36.4 Å². The molecule has 1 aliphatic rings. The molecule has 56 heavy (non-hydrogen) atoms. The van der Waals surface area contributed by atoms with Crippen LogP contribution in [0, 0.1) is 0 Å². The fourth-order valence-electron chi connectivity index (χ4n) is 8.86. The van der Waals surface area contributed by atoms with E-state index in [2.05, 4.69) is 170 Å². The molecule has 3 nitrogen and oxygen atoms in total. The van der Waals surface area contributed by atoms with E-state index in [-0.39, 0.29) is 0 Å². The molecular formula is C53H34N2O. The number of nitrogens with zero attached hydrogens (tertiary/aromatic N) is 2. The summed E-state index contributed by atoms with van der Waals surface area (Å²) in [6.07, 6.45) is 0. The minimum absolute atomic E-state index is 0.412. The van der Waals surface area contributed by atoms with Gasteiger partial charge < -0.3 is 4.42 Å². The smallest absolute Gasteiger partial charge is 0.160 e. The Morgan fingerprint density at radius 2 is 0.875 bits per heavy atom. The van der Waals surface area contributed by atoms with Gasteiger partial charge >= 0.3 is 0 Å². The molecule has 0 fully saturated rings. The van der Waals surface area contributed by atoms with Crippen LogP contribution in [-0.4, -0.2) is 9.97 Å². The predicted octanol–water partition coefficient (Wildman–Crippen LogP) is 13.4. The first-order chi connectivity index (χ1) is 27.8. The first-order valence-electron chi connectivity index (χ1n) is 19.1. The van der Waals surface area contributed by atoms with E-state index in [0.29, 0.717) is 5.82 Å². The Morgan fingerprint density at radius 1 is 0.357 bits per heavy atom. The number of hydrogen-bond acceptors (Lipinski definition) is 3. The molecule has 11 rings (SSSR count). The average Bonchev–Trinajstić information content (AvgIpc) is 3.81. The lowest BCUT2D eigenvalue weighted by Gasteiger charge is -2.34. The molecule has 10 aromatic rings. The van der Waals surface area contributed by atoms with Crippen LogP contribution in [0.1, 0.15) is 22.3 Å². The van der Waals surface area contributed by atoms with Gasteiger partial charge in [-0.3, -0.25) is 0 Å². The van der Waals surface area contributed by atoms with Crippen LogP contribution in [-0.2, 0) is 5.41 Å². The SMILES string of the molecule is c1ccc(-c2nc(-c3ccc(-c4ccc(C5(c6ccccc6)c6ccccc6-c6ccccc65)cc4)cc3)cc(-c3cccc4c3oc3ccccc34)n2)cc1. The van der Waals surface area contributed by atoms with Gasteiger partial charge in [0.15, 0.2) is 5.82 Å². The van der Waals surface area contributed by atoms with Crippen LogP contribution in [0.2, 0.25) is 0 Å². The lowest BCUT2D eigenvalue weighted by molar-refractivity contribution is 0.670. The van der Waals surface area contributed by atoms with Crippen LogP contribution in [0.4, 0.5) is 0 Å². The monoisotopic (exact) mass is 714 g/mol. The lowest BCUT2D eigenvalue weighted by atomic mass is 9.67. The molecule has 0 N–H and O–H groups in total. The summed E-state index contributed by atoms with van der Waals surface area (Å²) in [5.74, 6) is 0.674. The molecule has 1 aliphatic carbocycles. The highest BCUT2D eigenvalue weighted by Gasteiger charge is 2.45. The maximum Gasteiger partial charge on any atom is 0.160 e. The highest BCUT2D eigenvalue weighted by Crippen LogP contribution is 2.56. The number of benzene rings is 8. The van der Waals surface area contributed by atoms with Crippen molar-refractivity contribution >= 4 is 21.9 Å². The Morgan fingerprint density at radius 3 is 1.59 bits per heavy atom. The molecule has 8 aromatic carbocycles. The number of hydrogen-bond donors (Lipinski definition) is 0. The number of fused-ring (bicyclic) bond motifs is 6. The van der Waals surface area contributed by atoms with Gasteiger partial charge in [-0.2, -0.15) is 0 Å². The van der Waals surface area contributed by atoms with Crippen LogP contribution >= 0.6 is 0 Å². The summed E-state index contributed by atoms with van der Waals surface area (Å²) < 4.78 is 6.44. The molecule has 0 amide bonds. The molecule has 0 bridgehead atoms. The van der Waals surface area contributed by atoms with E-state index in [1.165, 1.54) is 33.4 Å². The molecule has 262 valence electrons. The number of para-hydroxylation sites is 2. The first-order valence-corrected chi connectivity index (χ1v) is 19.1. The number of rotatable bonds is 6. The quantitative estimate of drug-likeness (QED) is 0.172. The third kappa shape index (κ3) is 4.98. The molecule has 0 radical (unpaired) electrons. The molecule has 0 saturated carbocycles. The van der Waals surface area contributed by atoms with Gasteiger partial charge in [0.2, 0.25) is 0 Å². The largest absolute Gasteiger partial charge is 0.455 e. The first kappa shape index (κ1) is 32.1. The molecular weight excluding hydrogens is 681 g/mol. The van der Waals surface area contributed by atoms with Crippen molar-refractivity contribution in [1.82, 2.24) is 9.97 Å². The lowest BCUT2D eigenvalue weighted by Crippen LogP contribution is -2.28. The van der Waals surface area contributed by atoms with E-state index in [0.717, 1.165) is 61.1 Å². The maximum absolute atomic E-state index is 6.44. The normalized spacial score (nSPS) is 12.8. The molecule has 0 saturated heterocycles. The zero-order valence-electron chi connectivity index (χ0n) is 30.4. The Balaban J connectivity index is 0.992. The van der Waals surface area contributed by atoms with E-state index in [4.69, 9.17) is 14.4 Å². The van der Waals surface area contributed by atoms with Gasteiger partial charge in [-0.25, -0.2) is 9.97 Å². The Hall–Kier alpha value is -7.36. The number of furan rings is 1. The minimum atomic E-state index is -0.412. The van der Waals surface area contributed by atoms with E-state index >= 15 is 0 Å². The topological polar surface area (TPSA) is 38.9 Å². The average molecular weight is 715 g/mol. The van der Waals surface area contributed by atoms with Crippen molar-refractivity contribution in [3.63, 3.8) is 0 Å². The molecule has 3 heteroatoms. The van der Waals surface area contributed by atoms with Crippen molar-refractivity contribution in [2.24, 2.45) is 0 Å². The van der Waals surface area contributed by atoms with Gasteiger partial charge in [-0.15, -0.1) is 0 Å². The molecule has 0 aliphatic heterocycles. The van der Waals surface area contributed by atoms with E-state index < -0.39 is 5.41 Å². The van der Waals surface area contributed by atoms with Gasteiger partial charge in [0, 0.05) is 27.5 Å². The van der Waals surface area contributed by atoms with Crippen LogP contribution in [0.3, 0.4) is 0 Å². The summed E-state index contributed by atoms with van der Waals surface area (Å²) in [6.45, 7) is 0. The second-order valence-corrected chi connectivity index (χ2v) is 14.5. The Labute approximate surface area is 325 Å². The van der Waals surface area contributed by atoms with Crippen LogP contribution < -0.4 is 0 Å².